The summed E-state index contributed by atoms with van der Waals surface area (Å²) in [5.74, 6) is -1.33. The third-order valence-electron chi connectivity index (χ3n) is 3.22. The van der Waals surface area contributed by atoms with Crippen molar-refractivity contribution in [3.05, 3.63) is 65.9 Å². The third-order valence-corrected chi connectivity index (χ3v) is 3.22. The third kappa shape index (κ3) is 2.69. The first-order valence-corrected chi connectivity index (χ1v) is 6.70. The summed E-state index contributed by atoms with van der Waals surface area (Å²) in [6.45, 7) is -0.522. The van der Waals surface area contributed by atoms with Crippen LogP contribution in [-0.2, 0) is 9.59 Å². The van der Waals surface area contributed by atoms with Gasteiger partial charge >= 0.3 is 0 Å². The van der Waals surface area contributed by atoms with E-state index in [0.29, 0.717) is 11.4 Å². The SMILES string of the molecule is O=C([O-])CN1C(=O)C(=Cc2ccccc2)Oc2ccccc21. The fourth-order valence-corrected chi connectivity index (χ4v) is 2.25. The molecule has 1 amide bonds. The van der Waals surface area contributed by atoms with E-state index in [0.717, 1.165) is 10.5 Å². The zero-order valence-corrected chi connectivity index (χ0v) is 11.6. The highest BCUT2D eigenvalue weighted by Gasteiger charge is 2.29. The average Bonchev–Trinajstić information content (AvgIpc) is 2.52. The first-order valence-electron chi connectivity index (χ1n) is 6.70. The van der Waals surface area contributed by atoms with Crippen LogP contribution in [0, 0.1) is 0 Å². The molecule has 2 aromatic rings. The molecular formula is C17H12NO4-. The molecule has 0 aliphatic carbocycles. The highest BCUT2D eigenvalue weighted by atomic mass is 16.5. The number of carboxylic acid groups (broad SMARTS) is 1. The normalized spacial score (nSPS) is 15.4. The number of ether oxygens (including phenoxy) is 1. The lowest BCUT2D eigenvalue weighted by molar-refractivity contribution is -0.303. The Bertz CT molecular complexity index is 752. The van der Waals surface area contributed by atoms with Crippen molar-refractivity contribution in [3.63, 3.8) is 0 Å². The highest BCUT2D eigenvalue weighted by Crippen LogP contribution is 2.35. The summed E-state index contributed by atoms with van der Waals surface area (Å²) in [7, 11) is 0. The molecule has 22 heavy (non-hydrogen) atoms. The number of para-hydroxylation sites is 2. The summed E-state index contributed by atoms with van der Waals surface area (Å²) in [6.07, 6.45) is 1.58. The molecular weight excluding hydrogens is 282 g/mol. The summed E-state index contributed by atoms with van der Waals surface area (Å²) < 4.78 is 5.62. The van der Waals surface area contributed by atoms with Crippen LogP contribution in [0.25, 0.3) is 6.08 Å². The Morgan fingerprint density at radius 2 is 1.77 bits per heavy atom. The molecule has 0 N–H and O–H groups in total. The number of nitrogens with zero attached hydrogens (tertiary/aromatic N) is 1. The molecule has 1 aliphatic rings. The minimum Gasteiger partial charge on any atom is -0.548 e. The second-order valence-corrected chi connectivity index (χ2v) is 4.75. The lowest BCUT2D eigenvalue weighted by Gasteiger charge is -2.30. The summed E-state index contributed by atoms with van der Waals surface area (Å²) in [4.78, 5) is 24.5. The molecule has 0 radical (unpaired) electrons. The van der Waals surface area contributed by atoms with E-state index in [1.54, 1.807) is 30.3 Å². The molecule has 0 fully saturated rings. The average molecular weight is 294 g/mol. The second kappa shape index (κ2) is 5.73. The number of aliphatic carboxylic acids is 1. The molecule has 0 saturated heterocycles. The molecule has 0 aromatic heterocycles. The van der Waals surface area contributed by atoms with Crippen molar-refractivity contribution >= 4 is 23.6 Å². The summed E-state index contributed by atoms with van der Waals surface area (Å²) in [6, 6.07) is 16.0. The van der Waals surface area contributed by atoms with E-state index in [-0.39, 0.29) is 5.76 Å². The number of benzene rings is 2. The molecule has 5 heteroatoms. The Balaban J connectivity index is 2.03. The minimum atomic E-state index is -1.33. The monoisotopic (exact) mass is 294 g/mol. The molecule has 1 aliphatic heterocycles. The number of carbonyl (C=O) groups is 2. The van der Waals surface area contributed by atoms with Crippen molar-refractivity contribution in [1.29, 1.82) is 0 Å². The molecule has 110 valence electrons. The van der Waals surface area contributed by atoms with Crippen LogP contribution in [0.3, 0.4) is 0 Å². The van der Waals surface area contributed by atoms with Gasteiger partial charge in [-0.05, 0) is 23.8 Å². The molecule has 0 spiro atoms. The summed E-state index contributed by atoms with van der Waals surface area (Å²) in [5.41, 5.74) is 1.21. The second-order valence-electron chi connectivity index (χ2n) is 4.75. The van der Waals surface area contributed by atoms with Crippen LogP contribution >= 0.6 is 0 Å². The van der Waals surface area contributed by atoms with Crippen LogP contribution < -0.4 is 14.7 Å². The van der Waals surface area contributed by atoms with Gasteiger partial charge in [0, 0.05) is 0 Å². The molecule has 5 nitrogen and oxygen atoms in total. The van der Waals surface area contributed by atoms with E-state index >= 15 is 0 Å². The number of hydrogen-bond donors (Lipinski definition) is 0. The van der Waals surface area contributed by atoms with Crippen molar-refractivity contribution < 1.29 is 19.4 Å². The Kier molecular flexibility index (Phi) is 3.62. The Hall–Kier alpha value is -3.08. The minimum absolute atomic E-state index is 0.0751. The Morgan fingerprint density at radius 3 is 2.50 bits per heavy atom. The maximum Gasteiger partial charge on any atom is 0.294 e. The van der Waals surface area contributed by atoms with Gasteiger partial charge in [0.15, 0.2) is 11.5 Å². The highest BCUT2D eigenvalue weighted by molar-refractivity contribution is 6.11. The van der Waals surface area contributed by atoms with Gasteiger partial charge in [0.2, 0.25) is 0 Å². The lowest BCUT2D eigenvalue weighted by atomic mass is 10.1. The standard InChI is InChI=1S/C17H13NO4/c19-16(20)11-18-13-8-4-5-9-14(13)22-15(17(18)21)10-12-6-2-1-3-7-12/h1-10H,11H2,(H,19,20)/p-1. The van der Waals surface area contributed by atoms with Gasteiger partial charge in [0.05, 0.1) is 18.2 Å². The topological polar surface area (TPSA) is 69.7 Å². The molecule has 0 atom stereocenters. The van der Waals surface area contributed by atoms with Crippen molar-refractivity contribution in [2.75, 3.05) is 11.4 Å². The molecule has 0 bridgehead atoms. The summed E-state index contributed by atoms with van der Waals surface area (Å²) >= 11 is 0. The lowest BCUT2D eigenvalue weighted by Crippen LogP contribution is -2.44. The number of amides is 1. The van der Waals surface area contributed by atoms with Crippen LogP contribution in [0.5, 0.6) is 5.75 Å². The van der Waals surface area contributed by atoms with Crippen LogP contribution in [0.4, 0.5) is 5.69 Å². The number of anilines is 1. The smallest absolute Gasteiger partial charge is 0.294 e. The maximum atomic E-state index is 12.5. The van der Waals surface area contributed by atoms with Crippen LogP contribution in [0.1, 0.15) is 5.56 Å². The predicted molar refractivity (Wildman–Crippen MR) is 78.8 cm³/mol. The van der Waals surface area contributed by atoms with Crippen molar-refractivity contribution in [3.8, 4) is 5.75 Å². The van der Waals surface area contributed by atoms with Crippen molar-refractivity contribution in [2.24, 2.45) is 0 Å². The number of rotatable bonds is 3. The predicted octanol–water partition coefficient (Wildman–Crippen LogP) is 1.20. The van der Waals surface area contributed by atoms with Crippen LogP contribution in [-0.4, -0.2) is 18.4 Å². The maximum absolute atomic E-state index is 12.5. The fourth-order valence-electron chi connectivity index (χ4n) is 2.25. The van der Waals surface area contributed by atoms with E-state index < -0.39 is 18.4 Å². The quantitative estimate of drug-likeness (QED) is 0.798. The van der Waals surface area contributed by atoms with Gasteiger partial charge in [-0.25, -0.2) is 0 Å². The molecule has 3 rings (SSSR count). The van der Waals surface area contributed by atoms with Crippen LogP contribution in [0.15, 0.2) is 60.4 Å². The van der Waals surface area contributed by atoms with Gasteiger partial charge in [0.1, 0.15) is 0 Å². The van der Waals surface area contributed by atoms with Crippen molar-refractivity contribution in [1.82, 2.24) is 0 Å². The summed E-state index contributed by atoms with van der Waals surface area (Å²) in [5, 5.41) is 10.9. The molecule has 2 aromatic carbocycles. The zero-order chi connectivity index (χ0) is 15.5. The fraction of sp³-hybridized carbons (Fsp3) is 0.0588. The number of carboxylic acids is 1. The van der Waals surface area contributed by atoms with E-state index in [1.165, 1.54) is 0 Å². The number of carbonyl (C=O) groups excluding carboxylic acids is 2. The van der Waals surface area contributed by atoms with E-state index in [9.17, 15) is 14.7 Å². The number of fused-ring (bicyclic) bond motifs is 1. The largest absolute Gasteiger partial charge is 0.548 e. The molecule has 0 unspecified atom stereocenters. The molecule has 1 heterocycles. The van der Waals surface area contributed by atoms with E-state index in [4.69, 9.17) is 4.74 Å². The number of hydrogen-bond acceptors (Lipinski definition) is 4. The van der Waals surface area contributed by atoms with Gasteiger partial charge in [0.25, 0.3) is 5.91 Å². The molecule has 0 saturated carbocycles. The zero-order valence-electron chi connectivity index (χ0n) is 11.6. The van der Waals surface area contributed by atoms with Gasteiger partial charge in [-0.2, -0.15) is 0 Å². The van der Waals surface area contributed by atoms with Gasteiger partial charge in [-0.1, -0.05) is 42.5 Å². The first kappa shape index (κ1) is 13.9. The first-order chi connectivity index (χ1) is 10.6. The van der Waals surface area contributed by atoms with E-state index in [1.807, 2.05) is 30.3 Å². The Morgan fingerprint density at radius 1 is 1.09 bits per heavy atom. The van der Waals surface area contributed by atoms with Gasteiger partial charge < -0.3 is 14.6 Å². The Labute approximate surface area is 127 Å². The van der Waals surface area contributed by atoms with Crippen LogP contribution in [0.2, 0.25) is 0 Å². The van der Waals surface area contributed by atoms with Gasteiger partial charge in [-0.15, -0.1) is 0 Å². The van der Waals surface area contributed by atoms with Crippen molar-refractivity contribution in [2.45, 2.75) is 0 Å². The van der Waals surface area contributed by atoms with Gasteiger partial charge in [-0.3, -0.25) is 9.69 Å². The van der Waals surface area contributed by atoms with E-state index in [2.05, 4.69) is 0 Å².